The van der Waals surface area contributed by atoms with Crippen molar-refractivity contribution in [2.75, 3.05) is 0 Å². The zero-order valence-electron chi connectivity index (χ0n) is 18.4. The van der Waals surface area contributed by atoms with E-state index in [1.54, 1.807) is 84.9 Å². The van der Waals surface area contributed by atoms with Gasteiger partial charge in [0.2, 0.25) is 5.88 Å². The Kier molecular flexibility index (Phi) is 6.27. The summed E-state index contributed by atoms with van der Waals surface area (Å²) >= 11 is 3.33. The van der Waals surface area contributed by atoms with Gasteiger partial charge in [-0.05, 0) is 42.0 Å². The third-order valence-electron chi connectivity index (χ3n) is 5.45. The molecule has 0 saturated carbocycles. The average molecular weight is 556 g/mol. The highest BCUT2D eigenvalue weighted by molar-refractivity contribution is 9.10. The summed E-state index contributed by atoms with van der Waals surface area (Å²) in [5, 5.41) is 4.96. The van der Waals surface area contributed by atoms with Crippen LogP contribution < -0.4 is 4.74 Å². The first-order valence-corrected chi connectivity index (χ1v) is 11.5. The van der Waals surface area contributed by atoms with E-state index in [4.69, 9.17) is 9.57 Å². The molecule has 0 spiro atoms. The minimum absolute atomic E-state index is 0.145. The predicted molar refractivity (Wildman–Crippen MR) is 128 cm³/mol. The minimum atomic E-state index is -4.82. The Morgan fingerprint density at radius 1 is 0.944 bits per heavy atom. The number of aromatic nitrogens is 2. The molecule has 1 atom stereocenters. The van der Waals surface area contributed by atoms with Crippen molar-refractivity contribution in [3.05, 3.63) is 124 Å². The standard InChI is InChI=1S/C26H17BrF3N3O3/c27-19-11-13-20(14-12-19)33-24-21(23(31-33)26(28,29)30)22(17-7-3-1-4-8-17)32(15-16-35-24)36-25(34)18-9-5-2-6-10-18/h1-16,22H. The summed E-state index contributed by atoms with van der Waals surface area (Å²) in [6, 6.07) is 22.0. The Balaban J connectivity index is 1.69. The van der Waals surface area contributed by atoms with E-state index >= 15 is 0 Å². The van der Waals surface area contributed by atoms with E-state index in [9.17, 15) is 18.0 Å². The molecule has 0 amide bonds. The number of alkyl halides is 3. The van der Waals surface area contributed by atoms with Crippen molar-refractivity contribution in [1.29, 1.82) is 0 Å². The van der Waals surface area contributed by atoms with Crippen LogP contribution in [-0.2, 0) is 11.0 Å². The van der Waals surface area contributed by atoms with E-state index < -0.39 is 23.9 Å². The fourth-order valence-electron chi connectivity index (χ4n) is 3.86. The number of ether oxygens (including phenoxy) is 1. The number of hydroxylamine groups is 2. The molecule has 1 aliphatic rings. The van der Waals surface area contributed by atoms with E-state index in [1.807, 2.05) is 0 Å². The third kappa shape index (κ3) is 4.59. The molecular weight excluding hydrogens is 539 g/mol. The Hall–Kier alpha value is -4.05. The summed E-state index contributed by atoms with van der Waals surface area (Å²) in [5.74, 6) is -0.883. The Morgan fingerprint density at radius 2 is 1.58 bits per heavy atom. The molecule has 0 N–H and O–H groups in total. The van der Waals surface area contributed by atoms with Gasteiger partial charge in [0.15, 0.2) is 5.69 Å². The smallest absolute Gasteiger partial charge is 0.435 e. The number of carbonyl (C=O) groups excluding carboxylic acids is 1. The summed E-state index contributed by atoms with van der Waals surface area (Å²) in [7, 11) is 0. The first-order chi connectivity index (χ1) is 17.3. The predicted octanol–water partition coefficient (Wildman–Crippen LogP) is 6.68. The Bertz CT molecular complexity index is 1410. The van der Waals surface area contributed by atoms with E-state index in [-0.39, 0.29) is 17.0 Å². The van der Waals surface area contributed by atoms with Crippen LogP contribution in [0.25, 0.3) is 5.69 Å². The number of hydrogen-bond acceptors (Lipinski definition) is 5. The molecule has 6 nitrogen and oxygen atoms in total. The third-order valence-corrected chi connectivity index (χ3v) is 5.97. The summed E-state index contributed by atoms with van der Waals surface area (Å²) in [6.07, 6.45) is -2.37. The maximum absolute atomic E-state index is 14.4. The largest absolute Gasteiger partial charge is 0.445 e. The highest BCUT2D eigenvalue weighted by Crippen LogP contribution is 2.46. The summed E-state index contributed by atoms with van der Waals surface area (Å²) in [4.78, 5) is 18.5. The number of nitrogens with zero attached hydrogens (tertiary/aromatic N) is 3. The molecule has 1 aromatic heterocycles. The molecule has 182 valence electrons. The van der Waals surface area contributed by atoms with Crippen molar-refractivity contribution in [2.45, 2.75) is 12.2 Å². The van der Waals surface area contributed by atoms with Crippen LogP contribution in [-0.4, -0.2) is 20.8 Å². The van der Waals surface area contributed by atoms with Gasteiger partial charge in [0, 0.05) is 4.47 Å². The van der Waals surface area contributed by atoms with Gasteiger partial charge in [-0.3, -0.25) is 0 Å². The molecule has 10 heteroatoms. The first-order valence-electron chi connectivity index (χ1n) is 10.7. The second-order valence-electron chi connectivity index (χ2n) is 7.77. The molecule has 0 radical (unpaired) electrons. The number of benzene rings is 3. The highest BCUT2D eigenvalue weighted by Gasteiger charge is 2.45. The maximum Gasteiger partial charge on any atom is 0.435 e. The van der Waals surface area contributed by atoms with Crippen molar-refractivity contribution < 1.29 is 27.5 Å². The summed E-state index contributed by atoms with van der Waals surface area (Å²) in [6.45, 7) is 0. The number of rotatable bonds is 4. The minimum Gasteiger partial charge on any atom is -0.445 e. The quantitative estimate of drug-likeness (QED) is 0.281. The zero-order chi connectivity index (χ0) is 25.3. The van der Waals surface area contributed by atoms with Gasteiger partial charge in [-0.2, -0.15) is 28.0 Å². The molecule has 0 fully saturated rings. The molecule has 0 aliphatic carbocycles. The van der Waals surface area contributed by atoms with Gasteiger partial charge < -0.3 is 9.57 Å². The van der Waals surface area contributed by atoms with Crippen LogP contribution >= 0.6 is 15.9 Å². The fraction of sp³-hybridized carbons (Fsp3) is 0.0769. The van der Waals surface area contributed by atoms with Crippen LogP contribution in [0.2, 0.25) is 0 Å². The molecule has 0 bridgehead atoms. The fourth-order valence-corrected chi connectivity index (χ4v) is 4.13. The maximum atomic E-state index is 14.4. The van der Waals surface area contributed by atoms with Gasteiger partial charge in [0.25, 0.3) is 0 Å². The zero-order valence-corrected chi connectivity index (χ0v) is 20.0. The van der Waals surface area contributed by atoms with Gasteiger partial charge in [0.05, 0.1) is 23.0 Å². The molecule has 1 aliphatic heterocycles. The van der Waals surface area contributed by atoms with Crippen molar-refractivity contribution in [1.82, 2.24) is 14.8 Å². The van der Waals surface area contributed by atoms with Crippen LogP contribution in [0.1, 0.15) is 33.2 Å². The molecule has 2 heterocycles. The highest BCUT2D eigenvalue weighted by atomic mass is 79.9. The number of fused-ring (bicyclic) bond motifs is 1. The van der Waals surface area contributed by atoms with E-state index in [2.05, 4.69) is 21.0 Å². The Morgan fingerprint density at radius 3 is 2.22 bits per heavy atom. The van der Waals surface area contributed by atoms with Crippen LogP contribution in [0, 0.1) is 0 Å². The summed E-state index contributed by atoms with van der Waals surface area (Å²) < 4.78 is 50.6. The monoisotopic (exact) mass is 555 g/mol. The lowest BCUT2D eigenvalue weighted by Gasteiger charge is -2.28. The van der Waals surface area contributed by atoms with Gasteiger partial charge in [-0.15, -0.1) is 0 Å². The van der Waals surface area contributed by atoms with Crippen LogP contribution in [0.15, 0.2) is 102 Å². The number of carbonyl (C=O) groups is 1. The van der Waals surface area contributed by atoms with Gasteiger partial charge in [-0.25, -0.2) is 4.79 Å². The lowest BCUT2D eigenvalue weighted by atomic mass is 9.98. The SMILES string of the molecule is O=C(ON1C=COc2c(c(C(F)(F)F)nn2-c2ccc(Br)cc2)C1c1ccccc1)c1ccccc1. The van der Waals surface area contributed by atoms with Crippen molar-refractivity contribution in [2.24, 2.45) is 0 Å². The number of halogens is 4. The van der Waals surface area contributed by atoms with Crippen molar-refractivity contribution in [3.63, 3.8) is 0 Å². The average Bonchev–Trinajstić information content (AvgIpc) is 3.15. The van der Waals surface area contributed by atoms with Gasteiger partial charge in [-0.1, -0.05) is 64.5 Å². The van der Waals surface area contributed by atoms with Gasteiger partial charge in [0.1, 0.15) is 12.3 Å². The van der Waals surface area contributed by atoms with Crippen LogP contribution in [0.5, 0.6) is 5.88 Å². The molecule has 36 heavy (non-hydrogen) atoms. The molecular formula is C26H17BrF3N3O3. The van der Waals surface area contributed by atoms with Crippen molar-refractivity contribution >= 4 is 21.9 Å². The van der Waals surface area contributed by atoms with Gasteiger partial charge >= 0.3 is 12.1 Å². The van der Waals surface area contributed by atoms with Crippen LogP contribution in [0.3, 0.4) is 0 Å². The second-order valence-corrected chi connectivity index (χ2v) is 8.69. The second kappa shape index (κ2) is 9.54. The molecule has 0 saturated heterocycles. The lowest BCUT2D eigenvalue weighted by Crippen LogP contribution is -2.29. The van der Waals surface area contributed by atoms with Crippen LogP contribution in [0.4, 0.5) is 13.2 Å². The van der Waals surface area contributed by atoms with E-state index in [0.717, 1.165) is 20.5 Å². The van der Waals surface area contributed by atoms with Crippen molar-refractivity contribution in [3.8, 4) is 11.6 Å². The molecule has 1 unspecified atom stereocenters. The molecule has 4 aromatic rings. The van der Waals surface area contributed by atoms with E-state index in [0.29, 0.717) is 11.3 Å². The van der Waals surface area contributed by atoms with E-state index in [1.165, 1.54) is 6.20 Å². The number of hydrogen-bond donors (Lipinski definition) is 0. The summed E-state index contributed by atoms with van der Waals surface area (Å²) in [5.41, 5.74) is -0.401. The molecule has 5 rings (SSSR count). The lowest BCUT2D eigenvalue weighted by molar-refractivity contribution is -0.144. The topological polar surface area (TPSA) is 56.6 Å². The normalized spacial score (nSPS) is 15.1. The molecule has 3 aromatic carbocycles. The first kappa shape index (κ1) is 23.7. The Labute approximate surface area is 212 Å².